The molecular weight excluding hydrogens is 467 g/mol. The Morgan fingerprint density at radius 1 is 1.12 bits per heavy atom. The van der Waals surface area contributed by atoms with Crippen molar-refractivity contribution in [1.29, 1.82) is 0 Å². The SMILES string of the molecule is COc1ccccc1C(=O)NC1CCC(CNc2cc(C(F)(F)F)nc3ccc(Cl)cc23)CC1. The van der Waals surface area contributed by atoms with Crippen LogP contribution in [0.5, 0.6) is 5.75 Å². The third kappa shape index (κ3) is 5.55. The number of nitrogens with one attached hydrogen (secondary N) is 2. The van der Waals surface area contributed by atoms with Gasteiger partial charge in [0.1, 0.15) is 11.4 Å². The molecule has 9 heteroatoms. The summed E-state index contributed by atoms with van der Waals surface area (Å²) in [7, 11) is 1.53. The van der Waals surface area contributed by atoms with Gasteiger partial charge in [-0.25, -0.2) is 4.98 Å². The molecule has 1 aromatic heterocycles. The van der Waals surface area contributed by atoms with Gasteiger partial charge in [-0.05, 0) is 68.0 Å². The zero-order valence-electron chi connectivity index (χ0n) is 18.6. The van der Waals surface area contributed by atoms with Gasteiger partial charge < -0.3 is 15.4 Å². The van der Waals surface area contributed by atoms with E-state index in [1.54, 1.807) is 24.3 Å². The zero-order chi connectivity index (χ0) is 24.3. The van der Waals surface area contributed by atoms with Gasteiger partial charge in [0.25, 0.3) is 5.91 Å². The Balaban J connectivity index is 1.38. The van der Waals surface area contributed by atoms with Gasteiger partial charge in [-0.2, -0.15) is 13.2 Å². The number of ether oxygens (including phenoxy) is 1. The van der Waals surface area contributed by atoms with Gasteiger partial charge in [0, 0.05) is 28.7 Å². The molecule has 5 nitrogen and oxygen atoms in total. The lowest BCUT2D eigenvalue weighted by atomic mass is 9.85. The van der Waals surface area contributed by atoms with Gasteiger partial charge in [0.05, 0.1) is 18.2 Å². The average Bonchev–Trinajstić information content (AvgIpc) is 2.82. The number of pyridine rings is 1. The van der Waals surface area contributed by atoms with Crippen LogP contribution in [0.3, 0.4) is 0 Å². The second-order valence-corrected chi connectivity index (χ2v) is 8.92. The number of halogens is 4. The Morgan fingerprint density at radius 3 is 2.56 bits per heavy atom. The molecule has 0 aliphatic heterocycles. The van der Waals surface area contributed by atoms with Crippen molar-refractivity contribution in [3.63, 3.8) is 0 Å². The van der Waals surface area contributed by atoms with E-state index in [-0.39, 0.29) is 23.4 Å². The number of hydrogen-bond acceptors (Lipinski definition) is 4. The number of aromatic nitrogens is 1. The number of rotatable bonds is 6. The van der Waals surface area contributed by atoms with Crippen molar-refractivity contribution in [3.8, 4) is 5.75 Å². The molecule has 4 rings (SSSR count). The van der Waals surface area contributed by atoms with Crippen LogP contribution in [-0.2, 0) is 6.18 Å². The second kappa shape index (κ2) is 10.1. The third-order valence-corrected chi connectivity index (χ3v) is 6.41. The maximum Gasteiger partial charge on any atom is 0.433 e. The summed E-state index contributed by atoms with van der Waals surface area (Å²) in [6, 6.07) is 12.8. The molecule has 34 heavy (non-hydrogen) atoms. The van der Waals surface area contributed by atoms with Crippen LogP contribution in [0.25, 0.3) is 10.9 Å². The van der Waals surface area contributed by atoms with E-state index in [9.17, 15) is 18.0 Å². The molecule has 0 unspecified atom stereocenters. The maximum absolute atomic E-state index is 13.3. The number of hydrogen-bond donors (Lipinski definition) is 2. The van der Waals surface area contributed by atoms with E-state index in [0.717, 1.165) is 31.7 Å². The molecule has 0 atom stereocenters. The van der Waals surface area contributed by atoms with Crippen LogP contribution in [0.1, 0.15) is 41.7 Å². The van der Waals surface area contributed by atoms with Gasteiger partial charge in [-0.3, -0.25) is 4.79 Å². The van der Waals surface area contributed by atoms with E-state index in [4.69, 9.17) is 16.3 Å². The minimum absolute atomic E-state index is 0.0473. The van der Waals surface area contributed by atoms with Gasteiger partial charge >= 0.3 is 6.18 Å². The summed E-state index contributed by atoms with van der Waals surface area (Å²) >= 11 is 6.07. The monoisotopic (exact) mass is 491 g/mol. The largest absolute Gasteiger partial charge is 0.496 e. The predicted octanol–water partition coefficient (Wildman–Crippen LogP) is 6.32. The highest BCUT2D eigenvalue weighted by molar-refractivity contribution is 6.31. The maximum atomic E-state index is 13.3. The summed E-state index contributed by atoms with van der Waals surface area (Å²) in [4.78, 5) is 16.4. The summed E-state index contributed by atoms with van der Waals surface area (Å²) in [5, 5.41) is 7.25. The molecule has 1 saturated carbocycles. The summed E-state index contributed by atoms with van der Waals surface area (Å²) in [5.41, 5.74) is 0.168. The van der Waals surface area contributed by atoms with E-state index in [1.807, 2.05) is 6.07 Å². The minimum atomic E-state index is -4.54. The third-order valence-electron chi connectivity index (χ3n) is 6.18. The predicted molar refractivity (Wildman–Crippen MR) is 126 cm³/mol. The average molecular weight is 492 g/mol. The fraction of sp³-hybridized carbons (Fsp3) is 0.360. The molecule has 0 saturated heterocycles. The summed E-state index contributed by atoms with van der Waals surface area (Å²) < 4.78 is 45.2. The number of fused-ring (bicyclic) bond motifs is 1. The molecule has 0 radical (unpaired) electrons. The first-order valence-electron chi connectivity index (χ1n) is 11.1. The van der Waals surface area contributed by atoms with E-state index in [1.165, 1.54) is 19.2 Å². The van der Waals surface area contributed by atoms with E-state index >= 15 is 0 Å². The first-order valence-corrected chi connectivity index (χ1v) is 11.5. The first kappa shape index (κ1) is 24.1. The van der Waals surface area contributed by atoms with Crippen molar-refractivity contribution in [1.82, 2.24) is 10.3 Å². The fourth-order valence-electron chi connectivity index (χ4n) is 4.35. The number of methoxy groups -OCH3 is 1. The van der Waals surface area contributed by atoms with E-state index in [0.29, 0.717) is 34.0 Å². The van der Waals surface area contributed by atoms with Crippen LogP contribution in [-0.4, -0.2) is 30.6 Å². The van der Waals surface area contributed by atoms with Crippen LogP contribution in [0.15, 0.2) is 48.5 Å². The molecule has 0 bridgehead atoms. The molecule has 1 fully saturated rings. The van der Waals surface area contributed by atoms with Gasteiger partial charge in [-0.15, -0.1) is 0 Å². The smallest absolute Gasteiger partial charge is 0.433 e. The van der Waals surface area contributed by atoms with Crippen molar-refractivity contribution in [2.24, 2.45) is 5.92 Å². The molecule has 2 aromatic carbocycles. The molecule has 180 valence electrons. The highest BCUT2D eigenvalue weighted by atomic mass is 35.5. The van der Waals surface area contributed by atoms with E-state index < -0.39 is 11.9 Å². The van der Waals surface area contributed by atoms with Crippen molar-refractivity contribution in [2.45, 2.75) is 37.9 Å². The van der Waals surface area contributed by atoms with Crippen LogP contribution in [0.2, 0.25) is 5.02 Å². The molecule has 0 spiro atoms. The Kier molecular flexibility index (Phi) is 7.16. The summed E-state index contributed by atoms with van der Waals surface area (Å²) in [5.74, 6) is 0.635. The Morgan fingerprint density at radius 2 is 1.85 bits per heavy atom. The quantitative estimate of drug-likeness (QED) is 0.424. The number of para-hydroxylation sites is 1. The number of alkyl halides is 3. The van der Waals surface area contributed by atoms with Gasteiger partial charge in [-0.1, -0.05) is 23.7 Å². The zero-order valence-corrected chi connectivity index (χ0v) is 19.3. The summed E-state index contributed by atoms with van der Waals surface area (Å²) in [6.07, 6.45) is -1.25. The molecule has 3 aromatic rings. The van der Waals surface area contributed by atoms with Gasteiger partial charge in [0.15, 0.2) is 0 Å². The van der Waals surface area contributed by atoms with Crippen molar-refractivity contribution >= 4 is 34.1 Å². The highest BCUT2D eigenvalue weighted by Crippen LogP contribution is 2.35. The van der Waals surface area contributed by atoms with Gasteiger partial charge in [0.2, 0.25) is 0 Å². The number of anilines is 1. The summed E-state index contributed by atoms with van der Waals surface area (Å²) in [6.45, 7) is 0.524. The highest BCUT2D eigenvalue weighted by Gasteiger charge is 2.33. The van der Waals surface area contributed by atoms with E-state index in [2.05, 4.69) is 15.6 Å². The first-order chi connectivity index (χ1) is 16.2. The number of carbonyl (C=O) groups excluding carboxylic acids is 1. The fourth-order valence-corrected chi connectivity index (χ4v) is 4.52. The molecule has 1 aliphatic rings. The minimum Gasteiger partial charge on any atom is -0.496 e. The topological polar surface area (TPSA) is 63.2 Å². The van der Waals surface area contributed by atoms with Crippen LogP contribution in [0.4, 0.5) is 18.9 Å². The lowest BCUT2D eigenvalue weighted by Crippen LogP contribution is -2.38. The molecule has 1 heterocycles. The lowest BCUT2D eigenvalue weighted by Gasteiger charge is -2.29. The number of carbonyl (C=O) groups is 1. The molecule has 2 N–H and O–H groups in total. The van der Waals surface area contributed by atoms with Crippen molar-refractivity contribution in [3.05, 3.63) is 64.8 Å². The van der Waals surface area contributed by atoms with Crippen LogP contribution >= 0.6 is 11.6 Å². The van der Waals surface area contributed by atoms with Crippen molar-refractivity contribution < 1.29 is 22.7 Å². The Labute approximate surface area is 200 Å². The Hall–Kier alpha value is -3.00. The lowest BCUT2D eigenvalue weighted by molar-refractivity contribution is -0.140. The van der Waals surface area contributed by atoms with Crippen LogP contribution in [0, 0.1) is 5.92 Å². The number of benzene rings is 2. The molecular formula is C25H25ClF3N3O2. The molecule has 1 aliphatic carbocycles. The number of nitrogens with zero attached hydrogens (tertiary/aromatic N) is 1. The number of amides is 1. The van der Waals surface area contributed by atoms with Crippen LogP contribution < -0.4 is 15.4 Å². The normalized spacial score (nSPS) is 18.5. The second-order valence-electron chi connectivity index (χ2n) is 8.49. The Bertz CT molecular complexity index is 1180. The van der Waals surface area contributed by atoms with Crippen molar-refractivity contribution in [2.75, 3.05) is 19.0 Å². The standard InChI is InChI=1S/C25H25ClF3N3O2/c1-34-22-5-3-2-4-18(22)24(33)31-17-9-6-15(7-10-17)14-30-21-13-23(25(27,28)29)32-20-11-8-16(26)12-19(20)21/h2-5,8,11-13,15,17H,6-7,9-10,14H2,1H3,(H,30,32)(H,31,33). The molecule has 1 amide bonds.